The van der Waals surface area contributed by atoms with Crippen molar-refractivity contribution >= 4 is 28.9 Å². The van der Waals surface area contributed by atoms with Crippen LogP contribution < -0.4 is 4.74 Å². The molecule has 21 heavy (non-hydrogen) atoms. The standard InChI is InChI=1S/C15H14ClFO3S/c1-2-3-10-7-13(14(21-10)15(18)19)20-8-9-4-5-12(17)11(16)6-9/h4-7H,2-3,8H2,1H3,(H,18,19). The van der Waals surface area contributed by atoms with Gasteiger partial charge in [0.25, 0.3) is 0 Å². The second kappa shape index (κ2) is 6.91. The normalized spacial score (nSPS) is 10.6. The Balaban J connectivity index is 2.14. The van der Waals surface area contributed by atoms with E-state index < -0.39 is 11.8 Å². The molecule has 0 aliphatic carbocycles. The SMILES string of the molecule is CCCc1cc(OCc2ccc(F)c(Cl)c2)c(C(=O)O)s1. The molecule has 1 heterocycles. The predicted molar refractivity (Wildman–Crippen MR) is 81.0 cm³/mol. The zero-order chi connectivity index (χ0) is 15.4. The van der Waals surface area contributed by atoms with E-state index in [1.54, 1.807) is 12.1 Å². The quantitative estimate of drug-likeness (QED) is 0.830. The second-order valence-electron chi connectivity index (χ2n) is 4.50. The Morgan fingerprint density at radius 3 is 2.81 bits per heavy atom. The van der Waals surface area contributed by atoms with E-state index in [1.165, 1.54) is 23.5 Å². The van der Waals surface area contributed by atoms with Crippen LogP contribution in [0, 0.1) is 5.82 Å². The van der Waals surface area contributed by atoms with Gasteiger partial charge in [-0.25, -0.2) is 9.18 Å². The van der Waals surface area contributed by atoms with Crippen molar-refractivity contribution in [2.75, 3.05) is 0 Å². The number of aryl methyl sites for hydroxylation is 1. The Morgan fingerprint density at radius 2 is 2.19 bits per heavy atom. The van der Waals surface area contributed by atoms with E-state index in [0.29, 0.717) is 11.3 Å². The van der Waals surface area contributed by atoms with Crippen LogP contribution in [0.4, 0.5) is 4.39 Å². The molecule has 3 nitrogen and oxygen atoms in total. The first kappa shape index (κ1) is 15.8. The Kier molecular flexibility index (Phi) is 5.20. The molecule has 2 rings (SSSR count). The number of aromatic carboxylic acids is 1. The van der Waals surface area contributed by atoms with E-state index in [-0.39, 0.29) is 16.5 Å². The summed E-state index contributed by atoms with van der Waals surface area (Å²) in [6, 6.07) is 6.04. The van der Waals surface area contributed by atoms with E-state index >= 15 is 0 Å². The number of thiophene rings is 1. The predicted octanol–water partition coefficient (Wildman–Crippen LogP) is 4.77. The highest BCUT2D eigenvalue weighted by molar-refractivity contribution is 7.14. The van der Waals surface area contributed by atoms with E-state index in [4.69, 9.17) is 16.3 Å². The van der Waals surface area contributed by atoms with Crippen molar-refractivity contribution in [1.82, 2.24) is 0 Å². The zero-order valence-corrected chi connectivity index (χ0v) is 12.9. The monoisotopic (exact) mass is 328 g/mol. The molecule has 1 aromatic carbocycles. The molecule has 0 aliphatic rings. The van der Waals surface area contributed by atoms with Gasteiger partial charge >= 0.3 is 5.97 Å². The summed E-state index contributed by atoms with van der Waals surface area (Å²) in [5, 5.41) is 9.20. The van der Waals surface area contributed by atoms with E-state index in [9.17, 15) is 14.3 Å². The van der Waals surface area contributed by atoms with Gasteiger partial charge in [0.2, 0.25) is 0 Å². The molecule has 0 atom stereocenters. The molecule has 2 aromatic rings. The minimum atomic E-state index is -1.01. The summed E-state index contributed by atoms with van der Waals surface area (Å²) in [6.07, 6.45) is 1.75. The smallest absolute Gasteiger partial charge is 0.349 e. The number of carboxylic acids is 1. The third-order valence-corrected chi connectivity index (χ3v) is 4.27. The summed E-state index contributed by atoms with van der Waals surface area (Å²) in [7, 11) is 0. The van der Waals surface area contributed by atoms with Gasteiger partial charge in [-0.2, -0.15) is 0 Å². The van der Waals surface area contributed by atoms with Crippen molar-refractivity contribution in [3.8, 4) is 5.75 Å². The number of halogens is 2. The Morgan fingerprint density at radius 1 is 1.43 bits per heavy atom. The van der Waals surface area contributed by atoms with Crippen molar-refractivity contribution in [3.05, 3.63) is 50.4 Å². The van der Waals surface area contributed by atoms with Crippen LogP contribution in [0.2, 0.25) is 5.02 Å². The van der Waals surface area contributed by atoms with Crippen LogP contribution >= 0.6 is 22.9 Å². The average Bonchev–Trinajstić information content (AvgIpc) is 2.84. The molecule has 0 amide bonds. The highest BCUT2D eigenvalue weighted by Crippen LogP contribution is 2.31. The van der Waals surface area contributed by atoms with Crippen LogP contribution in [-0.2, 0) is 13.0 Å². The molecule has 0 saturated heterocycles. The van der Waals surface area contributed by atoms with Crippen LogP contribution in [-0.4, -0.2) is 11.1 Å². The van der Waals surface area contributed by atoms with Crippen molar-refractivity contribution in [2.45, 2.75) is 26.4 Å². The lowest BCUT2D eigenvalue weighted by atomic mass is 10.2. The first-order valence-electron chi connectivity index (χ1n) is 6.44. The van der Waals surface area contributed by atoms with E-state index in [1.807, 2.05) is 6.92 Å². The van der Waals surface area contributed by atoms with E-state index in [2.05, 4.69) is 0 Å². The minimum absolute atomic E-state index is 0.0200. The summed E-state index contributed by atoms with van der Waals surface area (Å²) in [4.78, 5) is 12.4. The average molecular weight is 329 g/mol. The van der Waals surface area contributed by atoms with Crippen LogP contribution in [0.3, 0.4) is 0 Å². The molecule has 0 aliphatic heterocycles. The maximum atomic E-state index is 13.1. The molecular weight excluding hydrogens is 315 g/mol. The fraction of sp³-hybridized carbons (Fsp3) is 0.267. The van der Waals surface area contributed by atoms with Crippen LogP contribution in [0.25, 0.3) is 0 Å². The number of carboxylic acid groups (broad SMARTS) is 1. The second-order valence-corrected chi connectivity index (χ2v) is 6.04. The van der Waals surface area contributed by atoms with Gasteiger partial charge in [-0.05, 0) is 30.2 Å². The number of benzene rings is 1. The Bertz CT molecular complexity index is 654. The van der Waals surface area contributed by atoms with Crippen LogP contribution in [0.5, 0.6) is 5.75 Å². The lowest BCUT2D eigenvalue weighted by Gasteiger charge is -2.06. The number of carbonyl (C=O) groups is 1. The summed E-state index contributed by atoms with van der Waals surface area (Å²) in [5.74, 6) is -1.15. The topological polar surface area (TPSA) is 46.5 Å². The number of ether oxygens (including phenoxy) is 1. The van der Waals surface area contributed by atoms with Crippen LogP contribution in [0.15, 0.2) is 24.3 Å². The van der Waals surface area contributed by atoms with Crippen molar-refractivity contribution in [1.29, 1.82) is 0 Å². The Labute approximate surface area is 130 Å². The fourth-order valence-corrected chi connectivity index (χ4v) is 3.08. The minimum Gasteiger partial charge on any atom is -0.487 e. The van der Waals surface area contributed by atoms with Gasteiger partial charge in [-0.15, -0.1) is 11.3 Å². The molecule has 1 aromatic heterocycles. The molecule has 1 N–H and O–H groups in total. The molecule has 0 radical (unpaired) electrons. The lowest BCUT2D eigenvalue weighted by molar-refractivity contribution is 0.0697. The molecule has 0 unspecified atom stereocenters. The maximum Gasteiger partial charge on any atom is 0.349 e. The van der Waals surface area contributed by atoms with Gasteiger partial charge in [0.1, 0.15) is 18.2 Å². The van der Waals surface area contributed by atoms with Crippen LogP contribution in [0.1, 0.15) is 33.5 Å². The number of hydrogen-bond donors (Lipinski definition) is 1. The lowest BCUT2D eigenvalue weighted by Crippen LogP contribution is -2.00. The number of rotatable bonds is 6. The third-order valence-electron chi connectivity index (χ3n) is 2.82. The largest absolute Gasteiger partial charge is 0.487 e. The summed E-state index contributed by atoms with van der Waals surface area (Å²) < 4.78 is 18.6. The summed E-state index contributed by atoms with van der Waals surface area (Å²) >= 11 is 6.92. The number of hydrogen-bond acceptors (Lipinski definition) is 3. The summed E-state index contributed by atoms with van der Waals surface area (Å²) in [5.41, 5.74) is 0.681. The van der Waals surface area contributed by atoms with Gasteiger partial charge < -0.3 is 9.84 Å². The van der Waals surface area contributed by atoms with E-state index in [0.717, 1.165) is 17.7 Å². The van der Waals surface area contributed by atoms with Crippen molar-refractivity contribution in [3.63, 3.8) is 0 Å². The van der Waals surface area contributed by atoms with Gasteiger partial charge in [-0.1, -0.05) is 31.0 Å². The fourth-order valence-electron chi connectivity index (χ4n) is 1.84. The Hall–Kier alpha value is -1.59. The first-order valence-corrected chi connectivity index (χ1v) is 7.63. The molecule has 6 heteroatoms. The van der Waals surface area contributed by atoms with Crippen molar-refractivity contribution in [2.24, 2.45) is 0 Å². The van der Waals surface area contributed by atoms with Gasteiger partial charge in [-0.3, -0.25) is 0 Å². The molecule has 0 bridgehead atoms. The summed E-state index contributed by atoms with van der Waals surface area (Å²) in [6.45, 7) is 2.17. The zero-order valence-electron chi connectivity index (χ0n) is 11.4. The highest BCUT2D eigenvalue weighted by Gasteiger charge is 2.16. The first-order chi connectivity index (χ1) is 10.0. The van der Waals surface area contributed by atoms with Gasteiger partial charge in [0.05, 0.1) is 5.02 Å². The maximum absolute atomic E-state index is 13.1. The molecule has 0 fully saturated rings. The van der Waals surface area contributed by atoms with Crippen molar-refractivity contribution < 1.29 is 19.0 Å². The molecular formula is C15H14ClFO3S. The third kappa shape index (κ3) is 3.95. The molecule has 0 spiro atoms. The van der Waals surface area contributed by atoms with Gasteiger partial charge in [0, 0.05) is 4.88 Å². The van der Waals surface area contributed by atoms with Gasteiger partial charge in [0.15, 0.2) is 4.88 Å². The highest BCUT2D eigenvalue weighted by atomic mass is 35.5. The molecule has 0 saturated carbocycles. The molecule has 112 valence electrons.